The lowest BCUT2D eigenvalue weighted by Crippen LogP contribution is -2.20. The molecule has 1 atom stereocenters. The maximum atomic E-state index is 13.8. The monoisotopic (exact) mass is 343 g/mol. The van der Waals surface area contributed by atoms with Crippen molar-refractivity contribution in [2.24, 2.45) is 0 Å². The molecule has 2 aromatic carbocycles. The van der Waals surface area contributed by atoms with Crippen LogP contribution in [0.15, 0.2) is 40.9 Å². The van der Waals surface area contributed by atoms with Crippen LogP contribution in [0.5, 0.6) is 0 Å². The largest absolute Gasteiger partial charge is 0.313 e. The van der Waals surface area contributed by atoms with Gasteiger partial charge in [-0.1, -0.05) is 15.9 Å². The molecule has 0 aliphatic heterocycles. The number of likely N-dealkylation sites (N-methyl/N-ethyl adjacent to an activating group) is 1. The predicted molar refractivity (Wildman–Crippen MR) is 76.0 cm³/mol. The van der Waals surface area contributed by atoms with Gasteiger partial charge in [0.15, 0.2) is 0 Å². The second-order valence-corrected chi connectivity index (χ2v) is 5.40. The predicted octanol–water partition coefficient (Wildman–Crippen LogP) is 4.37. The molecule has 0 heterocycles. The number of benzene rings is 2. The first-order chi connectivity index (χ1) is 9.49. The van der Waals surface area contributed by atoms with Crippen molar-refractivity contribution in [3.8, 4) is 0 Å². The van der Waals surface area contributed by atoms with E-state index < -0.39 is 17.7 Å². The Morgan fingerprint density at radius 2 is 1.80 bits per heavy atom. The summed E-state index contributed by atoms with van der Waals surface area (Å²) in [4.78, 5) is 0. The summed E-state index contributed by atoms with van der Waals surface area (Å²) < 4.78 is 41.0. The third-order valence-electron chi connectivity index (χ3n) is 3.04. The topological polar surface area (TPSA) is 12.0 Å². The number of hydrogen-bond donors (Lipinski definition) is 1. The summed E-state index contributed by atoms with van der Waals surface area (Å²) >= 11 is 3.21. The zero-order chi connectivity index (χ0) is 14.7. The van der Waals surface area contributed by atoms with Gasteiger partial charge >= 0.3 is 0 Å². The van der Waals surface area contributed by atoms with Gasteiger partial charge in [-0.3, -0.25) is 0 Å². The van der Waals surface area contributed by atoms with Crippen LogP contribution in [0, 0.1) is 17.5 Å². The van der Waals surface area contributed by atoms with E-state index in [1.165, 1.54) is 12.1 Å². The molecule has 0 amide bonds. The molecule has 0 radical (unpaired) electrons. The van der Waals surface area contributed by atoms with Crippen molar-refractivity contribution in [3.05, 3.63) is 69.4 Å². The van der Waals surface area contributed by atoms with Gasteiger partial charge in [-0.15, -0.1) is 0 Å². The van der Waals surface area contributed by atoms with Crippen molar-refractivity contribution in [2.75, 3.05) is 7.05 Å². The van der Waals surface area contributed by atoms with Crippen LogP contribution < -0.4 is 5.32 Å². The van der Waals surface area contributed by atoms with Crippen LogP contribution in [-0.2, 0) is 6.42 Å². The highest BCUT2D eigenvalue weighted by Crippen LogP contribution is 2.24. The fraction of sp³-hybridized carbons (Fsp3) is 0.200. The molecule has 0 fully saturated rings. The van der Waals surface area contributed by atoms with Gasteiger partial charge in [0, 0.05) is 16.1 Å². The minimum Gasteiger partial charge on any atom is -0.313 e. The van der Waals surface area contributed by atoms with Gasteiger partial charge < -0.3 is 5.32 Å². The number of hydrogen-bond acceptors (Lipinski definition) is 1. The highest BCUT2D eigenvalue weighted by atomic mass is 79.9. The molecule has 0 aliphatic rings. The van der Waals surface area contributed by atoms with Crippen LogP contribution in [0.3, 0.4) is 0 Å². The molecule has 106 valence electrons. The Balaban J connectivity index is 2.31. The summed E-state index contributed by atoms with van der Waals surface area (Å²) in [6, 6.07) is 7.38. The number of rotatable bonds is 4. The zero-order valence-corrected chi connectivity index (χ0v) is 12.3. The fourth-order valence-corrected chi connectivity index (χ4v) is 2.63. The normalized spacial score (nSPS) is 12.4. The molecule has 1 unspecified atom stereocenters. The molecule has 2 aromatic rings. The van der Waals surface area contributed by atoms with E-state index in [9.17, 15) is 13.2 Å². The van der Waals surface area contributed by atoms with Crippen LogP contribution in [0.25, 0.3) is 0 Å². The first-order valence-corrected chi connectivity index (χ1v) is 6.86. The minimum atomic E-state index is -0.498. The Morgan fingerprint density at radius 3 is 2.45 bits per heavy atom. The van der Waals surface area contributed by atoms with Crippen LogP contribution in [0.2, 0.25) is 0 Å². The van der Waals surface area contributed by atoms with Crippen molar-refractivity contribution in [2.45, 2.75) is 12.5 Å². The van der Waals surface area contributed by atoms with Gasteiger partial charge in [0.1, 0.15) is 17.5 Å². The van der Waals surface area contributed by atoms with Crippen molar-refractivity contribution in [1.82, 2.24) is 5.32 Å². The third kappa shape index (κ3) is 3.61. The van der Waals surface area contributed by atoms with E-state index in [-0.39, 0.29) is 11.4 Å². The second-order valence-electron chi connectivity index (χ2n) is 4.49. The highest BCUT2D eigenvalue weighted by Gasteiger charge is 2.16. The summed E-state index contributed by atoms with van der Waals surface area (Å²) in [7, 11) is 1.66. The molecular weight excluding hydrogens is 331 g/mol. The molecule has 0 aliphatic carbocycles. The van der Waals surface area contributed by atoms with Crippen LogP contribution >= 0.6 is 15.9 Å². The maximum absolute atomic E-state index is 13.8. The van der Waals surface area contributed by atoms with Gasteiger partial charge in [-0.25, -0.2) is 13.2 Å². The van der Waals surface area contributed by atoms with Crippen molar-refractivity contribution in [1.29, 1.82) is 0 Å². The summed E-state index contributed by atoms with van der Waals surface area (Å²) in [6.07, 6.45) is 0.354. The van der Waals surface area contributed by atoms with Gasteiger partial charge in [-0.2, -0.15) is 0 Å². The average Bonchev–Trinajstić information content (AvgIpc) is 2.38. The van der Waals surface area contributed by atoms with E-state index in [1.807, 2.05) is 0 Å². The Kier molecular flexibility index (Phi) is 4.83. The van der Waals surface area contributed by atoms with E-state index in [2.05, 4.69) is 21.2 Å². The van der Waals surface area contributed by atoms with Crippen LogP contribution in [-0.4, -0.2) is 7.05 Å². The molecule has 2 rings (SSSR count). The van der Waals surface area contributed by atoms with E-state index >= 15 is 0 Å². The van der Waals surface area contributed by atoms with E-state index in [4.69, 9.17) is 0 Å². The van der Waals surface area contributed by atoms with Gasteiger partial charge in [0.25, 0.3) is 0 Å². The summed E-state index contributed by atoms with van der Waals surface area (Å²) in [5.74, 6) is -1.35. The van der Waals surface area contributed by atoms with Crippen molar-refractivity contribution < 1.29 is 13.2 Å². The SMILES string of the molecule is CNC(Cc1cc(F)cc(Br)c1)c1cc(F)ccc1F. The number of nitrogens with one attached hydrogen (secondary N) is 1. The Bertz CT molecular complexity index is 596. The second kappa shape index (κ2) is 6.41. The molecule has 0 saturated carbocycles. The Hall–Kier alpha value is -1.33. The fourth-order valence-electron chi connectivity index (χ4n) is 2.11. The summed E-state index contributed by atoms with van der Waals surface area (Å²) in [5.41, 5.74) is 0.924. The first-order valence-electron chi connectivity index (χ1n) is 6.07. The molecule has 0 spiro atoms. The quantitative estimate of drug-likeness (QED) is 0.869. The van der Waals surface area contributed by atoms with E-state index in [0.29, 0.717) is 16.5 Å². The standard InChI is InChI=1S/C15H13BrF3N/c1-20-15(13-8-11(17)2-3-14(13)19)6-9-4-10(16)7-12(18)5-9/h2-5,7-8,15,20H,6H2,1H3. The zero-order valence-electron chi connectivity index (χ0n) is 10.8. The lowest BCUT2D eigenvalue weighted by Gasteiger charge is -2.18. The maximum Gasteiger partial charge on any atom is 0.128 e. The Morgan fingerprint density at radius 1 is 1.05 bits per heavy atom. The third-order valence-corrected chi connectivity index (χ3v) is 3.50. The lowest BCUT2D eigenvalue weighted by atomic mass is 9.98. The van der Waals surface area contributed by atoms with Crippen LogP contribution in [0.1, 0.15) is 17.2 Å². The van der Waals surface area contributed by atoms with Gasteiger partial charge in [0.2, 0.25) is 0 Å². The van der Waals surface area contributed by atoms with E-state index in [0.717, 1.165) is 18.2 Å². The van der Waals surface area contributed by atoms with Crippen molar-refractivity contribution >= 4 is 15.9 Å². The smallest absolute Gasteiger partial charge is 0.128 e. The molecule has 0 aromatic heterocycles. The summed E-state index contributed by atoms with van der Waals surface area (Å²) in [5, 5.41) is 2.93. The van der Waals surface area contributed by atoms with Crippen molar-refractivity contribution in [3.63, 3.8) is 0 Å². The minimum absolute atomic E-state index is 0.230. The first kappa shape index (κ1) is 15.1. The molecule has 0 bridgehead atoms. The molecule has 20 heavy (non-hydrogen) atoms. The molecule has 1 N–H and O–H groups in total. The molecular formula is C15H13BrF3N. The highest BCUT2D eigenvalue weighted by molar-refractivity contribution is 9.10. The van der Waals surface area contributed by atoms with Gasteiger partial charge in [-0.05, 0) is 55.4 Å². The van der Waals surface area contributed by atoms with Gasteiger partial charge in [0.05, 0.1) is 0 Å². The molecule has 1 nitrogen and oxygen atoms in total. The number of halogens is 4. The molecule has 5 heteroatoms. The van der Waals surface area contributed by atoms with E-state index in [1.54, 1.807) is 13.1 Å². The van der Waals surface area contributed by atoms with Crippen LogP contribution in [0.4, 0.5) is 13.2 Å². The Labute approximate surface area is 123 Å². The summed E-state index contributed by atoms with van der Waals surface area (Å²) in [6.45, 7) is 0. The lowest BCUT2D eigenvalue weighted by molar-refractivity contribution is 0.521. The molecule has 0 saturated heterocycles. The average molecular weight is 344 g/mol.